The van der Waals surface area contributed by atoms with Crippen LogP contribution >= 0.6 is 0 Å². The van der Waals surface area contributed by atoms with Crippen LogP contribution in [0.25, 0.3) is 0 Å². The molecular formula is C11H19N3O. The molecule has 1 aliphatic heterocycles. The van der Waals surface area contributed by atoms with Crippen LogP contribution in [0.1, 0.15) is 33.1 Å². The molecule has 1 heterocycles. The predicted octanol–water partition coefficient (Wildman–Crippen LogP) is 0.889. The van der Waals surface area contributed by atoms with Crippen molar-refractivity contribution < 1.29 is 4.79 Å². The van der Waals surface area contributed by atoms with Crippen LogP contribution in [0.2, 0.25) is 0 Å². The fourth-order valence-corrected chi connectivity index (χ4v) is 2.07. The fraction of sp³-hybridized carbons (Fsp3) is 0.818. The summed E-state index contributed by atoms with van der Waals surface area (Å²) < 4.78 is 0. The molecule has 1 N–H and O–H groups in total. The number of nitriles is 1. The minimum atomic E-state index is 0.0424. The third kappa shape index (κ3) is 3.52. The summed E-state index contributed by atoms with van der Waals surface area (Å²) in [5, 5.41) is 11.9. The summed E-state index contributed by atoms with van der Waals surface area (Å²) in [5.41, 5.74) is 0. The lowest BCUT2D eigenvalue weighted by atomic mass is 10.0. The average Bonchev–Trinajstić information content (AvgIpc) is 2.21. The Morgan fingerprint density at radius 1 is 1.60 bits per heavy atom. The third-order valence-electron chi connectivity index (χ3n) is 2.91. The van der Waals surface area contributed by atoms with Gasteiger partial charge in [-0.05, 0) is 19.3 Å². The SMILES string of the molecule is CCC(C#N)N1CCC(NC(C)=O)CC1. The van der Waals surface area contributed by atoms with E-state index in [0.717, 1.165) is 32.4 Å². The average molecular weight is 209 g/mol. The highest BCUT2D eigenvalue weighted by atomic mass is 16.1. The van der Waals surface area contributed by atoms with Gasteiger partial charge in [0.15, 0.2) is 0 Å². The monoisotopic (exact) mass is 209 g/mol. The van der Waals surface area contributed by atoms with Crippen LogP contribution in [0.3, 0.4) is 0 Å². The normalized spacial score (nSPS) is 20.6. The van der Waals surface area contributed by atoms with Crippen LogP contribution in [-0.4, -0.2) is 36.0 Å². The Kier molecular flexibility index (Phi) is 4.57. The second-order valence-corrected chi connectivity index (χ2v) is 4.06. The van der Waals surface area contributed by atoms with Crippen molar-refractivity contribution in [1.29, 1.82) is 5.26 Å². The molecule has 0 spiro atoms. The van der Waals surface area contributed by atoms with Gasteiger partial charge in [-0.15, -0.1) is 0 Å². The Labute approximate surface area is 91.2 Å². The van der Waals surface area contributed by atoms with Gasteiger partial charge in [0.25, 0.3) is 0 Å². The molecule has 0 saturated carbocycles. The van der Waals surface area contributed by atoms with E-state index in [2.05, 4.69) is 16.3 Å². The first-order valence-corrected chi connectivity index (χ1v) is 5.58. The molecule has 1 amide bonds. The van der Waals surface area contributed by atoms with E-state index in [1.165, 1.54) is 0 Å². The van der Waals surface area contributed by atoms with Crippen molar-refractivity contribution >= 4 is 5.91 Å². The Hall–Kier alpha value is -1.08. The second-order valence-electron chi connectivity index (χ2n) is 4.06. The van der Waals surface area contributed by atoms with Gasteiger partial charge in [-0.2, -0.15) is 5.26 Å². The van der Waals surface area contributed by atoms with Crippen molar-refractivity contribution in [3.8, 4) is 6.07 Å². The molecule has 1 aliphatic rings. The van der Waals surface area contributed by atoms with Gasteiger partial charge in [0, 0.05) is 26.1 Å². The van der Waals surface area contributed by atoms with E-state index in [1.54, 1.807) is 6.92 Å². The first kappa shape index (κ1) is 12.0. The molecule has 0 aliphatic carbocycles. The lowest BCUT2D eigenvalue weighted by molar-refractivity contribution is -0.120. The molecule has 15 heavy (non-hydrogen) atoms. The Bertz CT molecular complexity index is 251. The molecule has 4 heteroatoms. The molecule has 84 valence electrons. The van der Waals surface area contributed by atoms with Gasteiger partial charge in [-0.25, -0.2) is 0 Å². The number of amides is 1. The minimum absolute atomic E-state index is 0.0424. The van der Waals surface area contributed by atoms with Crippen LogP contribution in [0.15, 0.2) is 0 Å². The standard InChI is InChI=1S/C11H19N3O/c1-3-11(8-12)14-6-4-10(5-7-14)13-9(2)15/h10-11H,3-7H2,1-2H3,(H,13,15). The van der Waals surface area contributed by atoms with E-state index in [-0.39, 0.29) is 11.9 Å². The highest BCUT2D eigenvalue weighted by Crippen LogP contribution is 2.14. The molecule has 4 nitrogen and oxygen atoms in total. The van der Waals surface area contributed by atoms with Crippen LogP contribution in [-0.2, 0) is 4.79 Å². The highest BCUT2D eigenvalue weighted by molar-refractivity contribution is 5.73. The summed E-state index contributed by atoms with van der Waals surface area (Å²) in [6, 6.07) is 2.66. The third-order valence-corrected chi connectivity index (χ3v) is 2.91. The number of likely N-dealkylation sites (tertiary alicyclic amines) is 1. The Morgan fingerprint density at radius 2 is 2.20 bits per heavy atom. The molecular weight excluding hydrogens is 190 g/mol. The van der Waals surface area contributed by atoms with Crippen molar-refractivity contribution in [3.05, 3.63) is 0 Å². The van der Waals surface area contributed by atoms with Crippen molar-refractivity contribution in [2.24, 2.45) is 0 Å². The van der Waals surface area contributed by atoms with E-state index in [0.29, 0.717) is 6.04 Å². The zero-order valence-electron chi connectivity index (χ0n) is 9.49. The van der Waals surface area contributed by atoms with Crippen LogP contribution in [0.4, 0.5) is 0 Å². The zero-order valence-corrected chi connectivity index (χ0v) is 9.49. The Morgan fingerprint density at radius 3 is 2.60 bits per heavy atom. The largest absolute Gasteiger partial charge is 0.354 e. The maximum atomic E-state index is 10.9. The minimum Gasteiger partial charge on any atom is -0.354 e. The first-order valence-electron chi connectivity index (χ1n) is 5.58. The number of rotatable bonds is 3. The van der Waals surface area contributed by atoms with Gasteiger partial charge in [0.1, 0.15) is 0 Å². The number of hydrogen-bond acceptors (Lipinski definition) is 3. The van der Waals surface area contributed by atoms with E-state index in [9.17, 15) is 4.79 Å². The molecule has 0 bridgehead atoms. The van der Waals surface area contributed by atoms with Crippen molar-refractivity contribution in [1.82, 2.24) is 10.2 Å². The fourth-order valence-electron chi connectivity index (χ4n) is 2.07. The Balaban J connectivity index is 2.35. The van der Waals surface area contributed by atoms with E-state index < -0.39 is 0 Å². The number of carbonyl (C=O) groups excluding carboxylic acids is 1. The molecule has 1 rings (SSSR count). The molecule has 0 aromatic heterocycles. The van der Waals surface area contributed by atoms with Gasteiger partial charge in [0.05, 0.1) is 12.1 Å². The number of nitrogens with one attached hydrogen (secondary N) is 1. The quantitative estimate of drug-likeness (QED) is 0.751. The maximum absolute atomic E-state index is 10.9. The van der Waals surface area contributed by atoms with E-state index in [4.69, 9.17) is 5.26 Å². The van der Waals surface area contributed by atoms with Gasteiger partial charge in [0.2, 0.25) is 5.91 Å². The van der Waals surface area contributed by atoms with Crippen molar-refractivity contribution in [3.63, 3.8) is 0 Å². The smallest absolute Gasteiger partial charge is 0.217 e. The van der Waals surface area contributed by atoms with E-state index in [1.807, 2.05) is 6.92 Å². The molecule has 0 aromatic rings. The molecule has 1 saturated heterocycles. The zero-order chi connectivity index (χ0) is 11.3. The van der Waals surface area contributed by atoms with Gasteiger partial charge in [-0.3, -0.25) is 9.69 Å². The number of piperidine rings is 1. The highest BCUT2D eigenvalue weighted by Gasteiger charge is 2.23. The molecule has 0 aromatic carbocycles. The summed E-state index contributed by atoms with van der Waals surface area (Å²) in [4.78, 5) is 13.1. The van der Waals surface area contributed by atoms with Crippen molar-refractivity contribution in [2.75, 3.05) is 13.1 Å². The van der Waals surface area contributed by atoms with Gasteiger partial charge >= 0.3 is 0 Å². The lowest BCUT2D eigenvalue weighted by Gasteiger charge is -2.34. The summed E-state index contributed by atoms with van der Waals surface area (Å²) >= 11 is 0. The first-order chi connectivity index (χ1) is 7.17. The van der Waals surface area contributed by atoms with Crippen LogP contribution in [0, 0.1) is 11.3 Å². The number of hydrogen-bond donors (Lipinski definition) is 1. The summed E-state index contributed by atoms with van der Waals surface area (Å²) in [5.74, 6) is 0.0424. The summed E-state index contributed by atoms with van der Waals surface area (Å²) in [6.45, 7) is 5.42. The molecule has 1 fully saturated rings. The van der Waals surface area contributed by atoms with Crippen LogP contribution < -0.4 is 5.32 Å². The second kappa shape index (κ2) is 5.72. The number of nitrogens with zero attached hydrogens (tertiary/aromatic N) is 2. The number of carbonyl (C=O) groups is 1. The summed E-state index contributed by atoms with van der Waals surface area (Å²) in [7, 11) is 0. The lowest BCUT2D eigenvalue weighted by Crippen LogP contribution is -2.47. The predicted molar refractivity (Wildman–Crippen MR) is 58.1 cm³/mol. The molecule has 0 radical (unpaired) electrons. The molecule has 1 atom stereocenters. The van der Waals surface area contributed by atoms with E-state index >= 15 is 0 Å². The topological polar surface area (TPSA) is 56.1 Å². The van der Waals surface area contributed by atoms with Gasteiger partial charge in [-0.1, -0.05) is 6.92 Å². The summed E-state index contributed by atoms with van der Waals surface area (Å²) in [6.07, 6.45) is 2.79. The maximum Gasteiger partial charge on any atom is 0.217 e. The molecule has 1 unspecified atom stereocenters. The van der Waals surface area contributed by atoms with Crippen molar-refractivity contribution in [2.45, 2.75) is 45.2 Å². The van der Waals surface area contributed by atoms with Gasteiger partial charge < -0.3 is 5.32 Å². The van der Waals surface area contributed by atoms with Crippen LogP contribution in [0.5, 0.6) is 0 Å².